The molecule has 2 aliphatic heterocycles. The number of carbonyl (C=O) groups is 1. The number of rotatable bonds is 8. The van der Waals surface area contributed by atoms with E-state index in [9.17, 15) is 9.59 Å². The van der Waals surface area contributed by atoms with Crippen molar-refractivity contribution in [3.8, 4) is 5.75 Å². The van der Waals surface area contributed by atoms with Crippen LogP contribution in [0.25, 0.3) is 16.7 Å². The fourth-order valence-corrected chi connectivity index (χ4v) is 5.10. The van der Waals surface area contributed by atoms with Gasteiger partial charge < -0.3 is 19.4 Å². The standard InChI is InChI=1S/C29H37N5O4/c1-22(2)38-25-9-7-23(8-10-25)21-32-17-15-31(16-18-32)19-20-37-29(36)33-13-11-24(12-14-33)34-27-6-4-3-5-26(27)30-28(34)35/h3-11,22H,12-21H2,1-2H3,(H,30,35). The second-order valence-electron chi connectivity index (χ2n) is 10.2. The minimum atomic E-state index is -0.296. The van der Waals surface area contributed by atoms with Gasteiger partial charge >= 0.3 is 11.8 Å². The number of para-hydroxylation sites is 2. The molecule has 1 saturated heterocycles. The Hall–Kier alpha value is -3.56. The van der Waals surface area contributed by atoms with Gasteiger partial charge in [-0.2, -0.15) is 0 Å². The summed E-state index contributed by atoms with van der Waals surface area (Å²) in [6, 6.07) is 16.0. The molecule has 0 radical (unpaired) electrons. The molecule has 0 saturated carbocycles. The number of nitrogens with zero attached hydrogens (tertiary/aromatic N) is 4. The highest BCUT2D eigenvalue weighted by Gasteiger charge is 2.22. The van der Waals surface area contributed by atoms with Crippen molar-refractivity contribution in [3.63, 3.8) is 0 Å². The lowest BCUT2D eigenvalue weighted by molar-refractivity contribution is 0.0755. The van der Waals surface area contributed by atoms with E-state index in [1.54, 1.807) is 9.47 Å². The monoisotopic (exact) mass is 519 g/mol. The molecular weight excluding hydrogens is 482 g/mol. The van der Waals surface area contributed by atoms with Crippen LogP contribution in [0.4, 0.5) is 4.79 Å². The van der Waals surface area contributed by atoms with Crippen LogP contribution in [0.5, 0.6) is 5.75 Å². The zero-order valence-electron chi connectivity index (χ0n) is 22.3. The summed E-state index contributed by atoms with van der Waals surface area (Å²) in [7, 11) is 0. The van der Waals surface area contributed by atoms with E-state index in [1.165, 1.54) is 5.56 Å². The molecule has 0 spiro atoms. The van der Waals surface area contributed by atoms with Gasteiger partial charge in [-0.3, -0.25) is 14.4 Å². The maximum absolute atomic E-state index is 12.6. The number of hydrogen-bond acceptors (Lipinski definition) is 6. The molecule has 3 heterocycles. The minimum absolute atomic E-state index is 0.150. The normalized spacial score (nSPS) is 17.1. The summed E-state index contributed by atoms with van der Waals surface area (Å²) in [5, 5.41) is 0. The Labute approximate surface area is 223 Å². The summed E-state index contributed by atoms with van der Waals surface area (Å²) < 4.78 is 13.0. The van der Waals surface area contributed by atoms with E-state index in [2.05, 4.69) is 26.9 Å². The van der Waals surface area contributed by atoms with Crippen LogP contribution >= 0.6 is 0 Å². The molecule has 1 aromatic heterocycles. The van der Waals surface area contributed by atoms with Crippen molar-refractivity contribution in [3.05, 3.63) is 70.7 Å². The number of carbonyl (C=O) groups excluding carboxylic acids is 1. The van der Waals surface area contributed by atoms with Crippen LogP contribution in [0.15, 0.2) is 59.4 Å². The number of aromatic amines is 1. The molecule has 0 bridgehead atoms. The van der Waals surface area contributed by atoms with Crippen molar-refractivity contribution in [2.45, 2.75) is 32.9 Å². The van der Waals surface area contributed by atoms with Gasteiger partial charge in [0.25, 0.3) is 0 Å². The van der Waals surface area contributed by atoms with Crippen molar-refractivity contribution in [2.24, 2.45) is 0 Å². The Balaban J connectivity index is 1.02. The first kappa shape index (κ1) is 26.1. The van der Waals surface area contributed by atoms with E-state index in [1.807, 2.05) is 56.3 Å². The van der Waals surface area contributed by atoms with Gasteiger partial charge in [-0.05, 0) is 49.8 Å². The number of ether oxygens (including phenoxy) is 2. The highest BCUT2D eigenvalue weighted by molar-refractivity contribution is 5.79. The summed E-state index contributed by atoms with van der Waals surface area (Å²) in [6.07, 6.45) is 2.43. The lowest BCUT2D eigenvalue weighted by Crippen LogP contribution is -2.47. The lowest BCUT2D eigenvalue weighted by atomic mass is 10.2. The van der Waals surface area contributed by atoms with Gasteiger partial charge in [-0.1, -0.05) is 24.3 Å². The van der Waals surface area contributed by atoms with Gasteiger partial charge in [-0.25, -0.2) is 9.59 Å². The molecule has 0 atom stereocenters. The number of nitrogens with one attached hydrogen (secondary N) is 1. The van der Waals surface area contributed by atoms with Gasteiger partial charge in [0.1, 0.15) is 12.4 Å². The number of imidazole rings is 1. The van der Waals surface area contributed by atoms with E-state index in [0.717, 1.165) is 61.7 Å². The fraction of sp³-hybridized carbons (Fsp3) is 0.448. The van der Waals surface area contributed by atoms with Crippen molar-refractivity contribution in [1.29, 1.82) is 0 Å². The van der Waals surface area contributed by atoms with Gasteiger partial charge in [0.15, 0.2) is 0 Å². The van der Waals surface area contributed by atoms with E-state index in [-0.39, 0.29) is 17.9 Å². The van der Waals surface area contributed by atoms with Crippen LogP contribution in [0.1, 0.15) is 25.8 Å². The zero-order valence-corrected chi connectivity index (χ0v) is 22.3. The van der Waals surface area contributed by atoms with Crippen molar-refractivity contribution in [2.75, 3.05) is 52.4 Å². The predicted molar refractivity (Wildman–Crippen MR) is 148 cm³/mol. The summed E-state index contributed by atoms with van der Waals surface area (Å²) >= 11 is 0. The molecule has 3 aromatic rings. The van der Waals surface area contributed by atoms with Crippen LogP contribution in [-0.4, -0.2) is 88.9 Å². The summed E-state index contributed by atoms with van der Waals surface area (Å²) in [6.45, 7) is 11.0. The average Bonchev–Trinajstić information content (AvgIpc) is 3.26. The third kappa shape index (κ3) is 6.28. The number of benzene rings is 2. The maximum atomic E-state index is 12.6. The molecule has 5 rings (SSSR count). The molecular formula is C29H37N5O4. The lowest BCUT2D eigenvalue weighted by Gasteiger charge is -2.34. The minimum Gasteiger partial charge on any atom is -0.491 e. The first-order valence-electron chi connectivity index (χ1n) is 13.5. The number of H-pyrrole nitrogens is 1. The second kappa shape index (κ2) is 11.9. The molecule has 0 aliphatic carbocycles. The van der Waals surface area contributed by atoms with Crippen molar-refractivity contribution in [1.82, 2.24) is 24.3 Å². The molecule has 1 amide bonds. The summed E-state index contributed by atoms with van der Waals surface area (Å²) in [4.78, 5) is 34.5. The highest BCUT2D eigenvalue weighted by Crippen LogP contribution is 2.20. The smallest absolute Gasteiger partial charge is 0.410 e. The van der Waals surface area contributed by atoms with Crippen LogP contribution < -0.4 is 10.4 Å². The fourth-order valence-electron chi connectivity index (χ4n) is 5.10. The number of amides is 1. The van der Waals surface area contributed by atoms with Gasteiger partial charge in [0, 0.05) is 64.5 Å². The molecule has 9 nitrogen and oxygen atoms in total. The molecule has 1 fully saturated rings. The van der Waals surface area contributed by atoms with Gasteiger partial charge in [0.2, 0.25) is 0 Å². The number of fused-ring (bicyclic) bond motifs is 1. The first-order valence-corrected chi connectivity index (χ1v) is 13.5. The quantitative estimate of drug-likeness (QED) is 0.490. The van der Waals surface area contributed by atoms with E-state index < -0.39 is 0 Å². The Morgan fingerprint density at radius 2 is 1.71 bits per heavy atom. The molecule has 0 unspecified atom stereocenters. The van der Waals surface area contributed by atoms with Crippen LogP contribution in [0, 0.1) is 0 Å². The third-order valence-electron chi connectivity index (χ3n) is 7.12. The molecule has 202 valence electrons. The molecule has 9 heteroatoms. The zero-order chi connectivity index (χ0) is 26.5. The highest BCUT2D eigenvalue weighted by atomic mass is 16.6. The van der Waals surface area contributed by atoms with Crippen molar-refractivity contribution < 1.29 is 14.3 Å². The SMILES string of the molecule is CC(C)Oc1ccc(CN2CCN(CCOC(=O)N3CC=C(n4c(=O)[nH]c5ccccc54)CC3)CC2)cc1. The Morgan fingerprint density at radius 3 is 2.42 bits per heavy atom. The predicted octanol–water partition coefficient (Wildman–Crippen LogP) is 3.62. The van der Waals surface area contributed by atoms with Crippen LogP contribution in [0.3, 0.4) is 0 Å². The second-order valence-corrected chi connectivity index (χ2v) is 10.2. The molecule has 2 aromatic carbocycles. The topological polar surface area (TPSA) is 83.0 Å². The van der Waals surface area contributed by atoms with Crippen molar-refractivity contribution >= 4 is 22.8 Å². The van der Waals surface area contributed by atoms with E-state index in [4.69, 9.17) is 9.47 Å². The molecule has 38 heavy (non-hydrogen) atoms. The third-order valence-corrected chi connectivity index (χ3v) is 7.12. The number of aromatic nitrogens is 2. The van der Waals surface area contributed by atoms with Gasteiger partial charge in [-0.15, -0.1) is 0 Å². The number of hydrogen-bond donors (Lipinski definition) is 1. The molecule has 2 aliphatic rings. The van der Waals surface area contributed by atoms with E-state index in [0.29, 0.717) is 26.1 Å². The van der Waals surface area contributed by atoms with Crippen LogP contribution in [-0.2, 0) is 11.3 Å². The Kier molecular flexibility index (Phi) is 8.14. The van der Waals surface area contributed by atoms with E-state index >= 15 is 0 Å². The molecule has 1 N–H and O–H groups in total. The first-order chi connectivity index (χ1) is 18.5. The summed E-state index contributed by atoms with van der Waals surface area (Å²) in [5.41, 5.74) is 3.72. The summed E-state index contributed by atoms with van der Waals surface area (Å²) in [5.74, 6) is 0.911. The number of piperazine rings is 1. The largest absolute Gasteiger partial charge is 0.491 e. The Bertz CT molecular complexity index is 1320. The average molecular weight is 520 g/mol. The Morgan fingerprint density at radius 1 is 0.974 bits per heavy atom. The van der Waals surface area contributed by atoms with Gasteiger partial charge in [0.05, 0.1) is 17.1 Å². The maximum Gasteiger partial charge on any atom is 0.410 e. The van der Waals surface area contributed by atoms with Crippen LogP contribution in [0.2, 0.25) is 0 Å².